The molecule has 0 aliphatic heterocycles. The number of rotatable bonds is 2. The summed E-state index contributed by atoms with van der Waals surface area (Å²) in [6.45, 7) is 0. The van der Waals surface area contributed by atoms with Gasteiger partial charge in [-0.15, -0.1) is 0 Å². The van der Waals surface area contributed by atoms with E-state index < -0.39 is 0 Å². The fourth-order valence-electron chi connectivity index (χ4n) is 1.34. The summed E-state index contributed by atoms with van der Waals surface area (Å²) in [7, 11) is 0. The van der Waals surface area contributed by atoms with Gasteiger partial charge in [0.25, 0.3) is 0 Å². The zero-order valence-corrected chi connectivity index (χ0v) is 9.50. The third-order valence-corrected chi connectivity index (χ3v) is 3.19. The molecule has 0 fully saturated rings. The molecule has 4 heteroatoms. The van der Waals surface area contributed by atoms with Crippen LogP contribution in [-0.4, -0.2) is 0 Å². The number of benzene rings is 2. The smallest absolute Gasteiger partial charge is 0.0457 e. The summed E-state index contributed by atoms with van der Waals surface area (Å²) in [6, 6.07) is 13.1. The molecule has 6 N–H and O–H groups in total. The number of nitrogens with two attached hydrogens (primary N) is 3. The maximum atomic E-state index is 5.87. The second-order valence-electron chi connectivity index (χ2n) is 3.47. The molecule has 0 atom stereocenters. The SMILES string of the molecule is Nc1cccc(Sc2cc(N)ccc2N)c1. The van der Waals surface area contributed by atoms with Gasteiger partial charge < -0.3 is 17.2 Å². The quantitative estimate of drug-likeness (QED) is 0.694. The minimum Gasteiger partial charge on any atom is -0.399 e. The van der Waals surface area contributed by atoms with E-state index in [0.29, 0.717) is 5.69 Å². The van der Waals surface area contributed by atoms with Crippen molar-refractivity contribution in [2.45, 2.75) is 9.79 Å². The van der Waals surface area contributed by atoms with Crippen LogP contribution in [0.2, 0.25) is 0 Å². The molecule has 0 heterocycles. The summed E-state index contributed by atoms with van der Waals surface area (Å²) in [4.78, 5) is 2.00. The molecule has 0 aliphatic carbocycles. The van der Waals surface area contributed by atoms with Crippen LogP contribution in [0.5, 0.6) is 0 Å². The lowest BCUT2D eigenvalue weighted by molar-refractivity contribution is 1.41. The lowest BCUT2D eigenvalue weighted by atomic mass is 10.3. The molecule has 0 aromatic heterocycles. The van der Waals surface area contributed by atoms with Crippen LogP contribution in [0.4, 0.5) is 17.1 Å². The highest BCUT2D eigenvalue weighted by Gasteiger charge is 2.02. The Labute approximate surface area is 98.6 Å². The number of nitrogen functional groups attached to an aromatic ring is 3. The Morgan fingerprint density at radius 3 is 2.31 bits per heavy atom. The predicted molar refractivity (Wildman–Crippen MR) is 70.2 cm³/mol. The largest absolute Gasteiger partial charge is 0.399 e. The number of hydrogen-bond acceptors (Lipinski definition) is 4. The average Bonchev–Trinajstić information content (AvgIpc) is 2.24. The minimum absolute atomic E-state index is 0.709. The van der Waals surface area contributed by atoms with Crippen LogP contribution in [0, 0.1) is 0 Å². The fraction of sp³-hybridized carbons (Fsp3) is 0. The van der Waals surface area contributed by atoms with E-state index in [9.17, 15) is 0 Å². The molecule has 0 amide bonds. The van der Waals surface area contributed by atoms with Gasteiger partial charge in [0, 0.05) is 26.9 Å². The van der Waals surface area contributed by atoms with Crippen molar-refractivity contribution < 1.29 is 0 Å². The van der Waals surface area contributed by atoms with Gasteiger partial charge in [-0.3, -0.25) is 0 Å². The Bertz CT molecular complexity index is 511. The Kier molecular flexibility index (Phi) is 2.92. The lowest BCUT2D eigenvalue weighted by Gasteiger charge is -2.06. The van der Waals surface area contributed by atoms with Crippen LogP contribution in [0.3, 0.4) is 0 Å². The van der Waals surface area contributed by atoms with E-state index in [2.05, 4.69) is 0 Å². The molecule has 0 spiro atoms. The maximum absolute atomic E-state index is 5.87. The molecule has 0 bridgehead atoms. The van der Waals surface area contributed by atoms with Crippen molar-refractivity contribution in [3.8, 4) is 0 Å². The third-order valence-electron chi connectivity index (χ3n) is 2.12. The Morgan fingerprint density at radius 2 is 1.56 bits per heavy atom. The highest BCUT2D eigenvalue weighted by atomic mass is 32.2. The van der Waals surface area contributed by atoms with Crippen LogP contribution < -0.4 is 17.2 Å². The van der Waals surface area contributed by atoms with Crippen LogP contribution >= 0.6 is 11.8 Å². The van der Waals surface area contributed by atoms with Gasteiger partial charge in [0.2, 0.25) is 0 Å². The molecule has 2 aromatic carbocycles. The van der Waals surface area contributed by atoms with Crippen molar-refractivity contribution in [2.75, 3.05) is 17.2 Å². The molecule has 0 saturated carbocycles. The lowest BCUT2D eigenvalue weighted by Crippen LogP contribution is -1.91. The molecule has 0 saturated heterocycles. The number of hydrogen-bond donors (Lipinski definition) is 3. The summed E-state index contributed by atoms with van der Waals surface area (Å²) in [5.74, 6) is 0. The molecule has 0 radical (unpaired) electrons. The molecule has 16 heavy (non-hydrogen) atoms. The predicted octanol–water partition coefficient (Wildman–Crippen LogP) is 2.58. The van der Waals surface area contributed by atoms with Crippen molar-refractivity contribution in [1.29, 1.82) is 0 Å². The second-order valence-corrected chi connectivity index (χ2v) is 4.59. The van der Waals surface area contributed by atoms with Gasteiger partial charge >= 0.3 is 0 Å². The molecule has 3 nitrogen and oxygen atoms in total. The van der Waals surface area contributed by atoms with E-state index in [1.165, 1.54) is 0 Å². The first-order valence-electron chi connectivity index (χ1n) is 4.83. The van der Waals surface area contributed by atoms with Gasteiger partial charge in [-0.2, -0.15) is 0 Å². The summed E-state index contributed by atoms with van der Waals surface area (Å²) in [5.41, 5.74) is 19.5. The average molecular weight is 231 g/mol. The van der Waals surface area contributed by atoms with Crippen LogP contribution in [0.1, 0.15) is 0 Å². The molecular formula is C12H13N3S. The van der Waals surface area contributed by atoms with Gasteiger partial charge in [-0.1, -0.05) is 17.8 Å². The van der Waals surface area contributed by atoms with Gasteiger partial charge in [0.05, 0.1) is 0 Å². The molecule has 82 valence electrons. The highest BCUT2D eigenvalue weighted by Crippen LogP contribution is 2.33. The molecule has 2 aromatic rings. The molecular weight excluding hydrogens is 218 g/mol. The summed E-state index contributed by atoms with van der Waals surface area (Å²) in [5, 5.41) is 0. The standard InChI is InChI=1S/C12H13N3S/c13-8-2-1-3-10(6-8)16-12-7-9(14)4-5-11(12)15/h1-7H,13-15H2. The van der Waals surface area contributed by atoms with Crippen LogP contribution in [0.15, 0.2) is 52.3 Å². The first-order valence-corrected chi connectivity index (χ1v) is 5.65. The van der Waals surface area contributed by atoms with Gasteiger partial charge in [0.15, 0.2) is 0 Å². The third kappa shape index (κ3) is 2.41. The van der Waals surface area contributed by atoms with E-state index in [1.54, 1.807) is 17.8 Å². The summed E-state index contributed by atoms with van der Waals surface area (Å²) >= 11 is 1.56. The molecule has 0 unspecified atom stereocenters. The zero-order valence-electron chi connectivity index (χ0n) is 8.68. The Morgan fingerprint density at radius 1 is 0.812 bits per heavy atom. The minimum atomic E-state index is 0.709. The maximum Gasteiger partial charge on any atom is 0.0457 e. The van der Waals surface area contributed by atoms with E-state index >= 15 is 0 Å². The second kappa shape index (κ2) is 4.37. The fourth-order valence-corrected chi connectivity index (χ4v) is 2.32. The van der Waals surface area contributed by atoms with E-state index in [4.69, 9.17) is 17.2 Å². The van der Waals surface area contributed by atoms with Crippen LogP contribution in [-0.2, 0) is 0 Å². The first kappa shape index (κ1) is 10.7. The van der Waals surface area contributed by atoms with Crippen molar-refractivity contribution in [2.24, 2.45) is 0 Å². The normalized spacial score (nSPS) is 10.2. The van der Waals surface area contributed by atoms with Gasteiger partial charge in [-0.05, 0) is 36.4 Å². The first-order chi connectivity index (χ1) is 7.65. The Hall–Kier alpha value is -1.81. The topological polar surface area (TPSA) is 78.1 Å². The van der Waals surface area contributed by atoms with Crippen LogP contribution in [0.25, 0.3) is 0 Å². The Balaban J connectivity index is 2.30. The van der Waals surface area contributed by atoms with E-state index in [-0.39, 0.29) is 0 Å². The molecule has 2 rings (SSSR count). The van der Waals surface area contributed by atoms with Crippen molar-refractivity contribution in [1.82, 2.24) is 0 Å². The summed E-state index contributed by atoms with van der Waals surface area (Å²) in [6.07, 6.45) is 0. The number of anilines is 3. The van der Waals surface area contributed by atoms with Gasteiger partial charge in [0.1, 0.15) is 0 Å². The monoisotopic (exact) mass is 231 g/mol. The van der Waals surface area contributed by atoms with E-state index in [0.717, 1.165) is 21.2 Å². The zero-order chi connectivity index (χ0) is 11.5. The van der Waals surface area contributed by atoms with Crippen molar-refractivity contribution in [3.63, 3.8) is 0 Å². The van der Waals surface area contributed by atoms with E-state index in [1.807, 2.05) is 36.4 Å². The highest BCUT2D eigenvalue weighted by molar-refractivity contribution is 7.99. The van der Waals surface area contributed by atoms with Gasteiger partial charge in [-0.25, -0.2) is 0 Å². The molecule has 0 aliphatic rings. The van der Waals surface area contributed by atoms with Crippen molar-refractivity contribution in [3.05, 3.63) is 42.5 Å². The summed E-state index contributed by atoms with van der Waals surface area (Å²) < 4.78 is 0. The van der Waals surface area contributed by atoms with Crippen molar-refractivity contribution >= 4 is 28.8 Å².